The maximum Gasteiger partial charge on any atom is 0.225 e. The van der Waals surface area contributed by atoms with Gasteiger partial charge < -0.3 is 19.9 Å². The zero-order valence-corrected chi connectivity index (χ0v) is 13.1. The summed E-state index contributed by atoms with van der Waals surface area (Å²) in [7, 11) is 0. The summed E-state index contributed by atoms with van der Waals surface area (Å²) in [6.07, 6.45) is 4.71. The SMILES string of the molecule is O=C(C1CCN(CC2CCNCC2)CC1)N1CCOCC1. The van der Waals surface area contributed by atoms with Gasteiger partial charge in [-0.25, -0.2) is 0 Å². The maximum atomic E-state index is 12.5. The number of hydrogen-bond donors (Lipinski definition) is 1. The van der Waals surface area contributed by atoms with Crippen molar-refractivity contribution in [3.8, 4) is 0 Å². The van der Waals surface area contributed by atoms with Crippen LogP contribution in [0.25, 0.3) is 0 Å². The van der Waals surface area contributed by atoms with Crippen LogP contribution in [-0.4, -0.2) is 74.7 Å². The molecule has 1 N–H and O–H groups in total. The normalized spacial score (nSPS) is 27.0. The lowest BCUT2D eigenvalue weighted by Gasteiger charge is -2.37. The van der Waals surface area contributed by atoms with Crippen LogP contribution < -0.4 is 5.32 Å². The van der Waals surface area contributed by atoms with Crippen LogP contribution in [-0.2, 0) is 9.53 Å². The molecule has 1 amide bonds. The summed E-state index contributed by atoms with van der Waals surface area (Å²) in [5.41, 5.74) is 0. The number of carbonyl (C=O) groups excluding carboxylic acids is 1. The van der Waals surface area contributed by atoms with E-state index in [9.17, 15) is 4.79 Å². The van der Waals surface area contributed by atoms with Crippen molar-refractivity contribution in [2.75, 3.05) is 59.0 Å². The Balaban J connectivity index is 1.40. The molecule has 3 fully saturated rings. The first-order chi connectivity index (χ1) is 10.3. The highest BCUT2D eigenvalue weighted by atomic mass is 16.5. The fourth-order valence-corrected chi connectivity index (χ4v) is 3.83. The third-order valence-corrected chi connectivity index (χ3v) is 5.23. The summed E-state index contributed by atoms with van der Waals surface area (Å²) in [6.45, 7) is 8.78. The quantitative estimate of drug-likeness (QED) is 0.826. The van der Waals surface area contributed by atoms with Gasteiger partial charge in [-0.2, -0.15) is 0 Å². The number of likely N-dealkylation sites (tertiary alicyclic amines) is 1. The standard InChI is InChI=1S/C16H29N3O2/c20-16(19-9-11-21-12-10-19)15-3-7-18(8-4-15)13-14-1-5-17-6-2-14/h14-15,17H,1-13H2. The van der Waals surface area contributed by atoms with Gasteiger partial charge in [-0.3, -0.25) is 4.79 Å². The fourth-order valence-electron chi connectivity index (χ4n) is 3.83. The zero-order chi connectivity index (χ0) is 14.5. The van der Waals surface area contributed by atoms with Crippen LogP contribution in [0.5, 0.6) is 0 Å². The highest BCUT2D eigenvalue weighted by Gasteiger charge is 2.30. The Labute approximate surface area is 128 Å². The second kappa shape index (κ2) is 7.56. The molecule has 5 heteroatoms. The Morgan fingerprint density at radius 3 is 2.33 bits per heavy atom. The van der Waals surface area contributed by atoms with Crippen LogP contribution in [0.3, 0.4) is 0 Å². The molecule has 0 atom stereocenters. The van der Waals surface area contributed by atoms with Crippen molar-refractivity contribution in [1.82, 2.24) is 15.1 Å². The molecule has 0 aromatic heterocycles. The van der Waals surface area contributed by atoms with Crippen molar-refractivity contribution < 1.29 is 9.53 Å². The zero-order valence-electron chi connectivity index (χ0n) is 13.1. The molecule has 0 aromatic rings. The first-order valence-corrected chi connectivity index (χ1v) is 8.62. The van der Waals surface area contributed by atoms with E-state index in [0.29, 0.717) is 19.1 Å². The maximum absolute atomic E-state index is 12.5. The van der Waals surface area contributed by atoms with E-state index in [4.69, 9.17) is 4.74 Å². The molecular weight excluding hydrogens is 266 g/mol. The molecule has 5 nitrogen and oxygen atoms in total. The summed E-state index contributed by atoms with van der Waals surface area (Å²) < 4.78 is 5.33. The number of hydrogen-bond acceptors (Lipinski definition) is 4. The van der Waals surface area contributed by atoms with Crippen LogP contribution in [0.1, 0.15) is 25.7 Å². The topological polar surface area (TPSA) is 44.8 Å². The van der Waals surface area contributed by atoms with Gasteiger partial charge >= 0.3 is 0 Å². The Kier molecular flexibility index (Phi) is 5.49. The number of nitrogens with one attached hydrogen (secondary N) is 1. The minimum atomic E-state index is 0.257. The Morgan fingerprint density at radius 1 is 1.00 bits per heavy atom. The largest absolute Gasteiger partial charge is 0.378 e. The highest BCUT2D eigenvalue weighted by Crippen LogP contribution is 2.22. The van der Waals surface area contributed by atoms with Crippen LogP contribution in [0.4, 0.5) is 0 Å². The monoisotopic (exact) mass is 295 g/mol. The van der Waals surface area contributed by atoms with E-state index in [1.54, 1.807) is 0 Å². The van der Waals surface area contributed by atoms with E-state index in [1.807, 2.05) is 4.90 Å². The average molecular weight is 295 g/mol. The first-order valence-electron chi connectivity index (χ1n) is 8.62. The number of ether oxygens (including phenoxy) is 1. The molecule has 0 aromatic carbocycles. The molecule has 120 valence electrons. The third-order valence-electron chi connectivity index (χ3n) is 5.23. The minimum absolute atomic E-state index is 0.257. The lowest BCUT2D eigenvalue weighted by molar-refractivity contribution is -0.141. The lowest BCUT2D eigenvalue weighted by Crippen LogP contribution is -2.47. The van der Waals surface area contributed by atoms with Crippen molar-refractivity contribution >= 4 is 5.91 Å². The molecule has 3 heterocycles. The minimum Gasteiger partial charge on any atom is -0.378 e. The van der Waals surface area contributed by atoms with Crippen molar-refractivity contribution in [2.45, 2.75) is 25.7 Å². The van der Waals surface area contributed by atoms with E-state index in [2.05, 4.69) is 10.2 Å². The van der Waals surface area contributed by atoms with E-state index in [0.717, 1.165) is 44.9 Å². The first kappa shape index (κ1) is 15.3. The van der Waals surface area contributed by atoms with E-state index in [1.165, 1.54) is 32.5 Å². The average Bonchev–Trinajstić information content (AvgIpc) is 2.57. The molecule has 3 aliphatic rings. The van der Waals surface area contributed by atoms with E-state index < -0.39 is 0 Å². The van der Waals surface area contributed by atoms with Gasteiger partial charge in [-0.05, 0) is 57.8 Å². The summed E-state index contributed by atoms with van der Waals surface area (Å²) >= 11 is 0. The van der Waals surface area contributed by atoms with E-state index >= 15 is 0 Å². The molecule has 0 aliphatic carbocycles. The molecular formula is C16H29N3O2. The van der Waals surface area contributed by atoms with Gasteiger partial charge in [0, 0.05) is 25.6 Å². The predicted octanol–water partition coefficient (Wildman–Crippen LogP) is 0.557. The second-order valence-electron chi connectivity index (χ2n) is 6.71. The molecule has 0 bridgehead atoms. The molecule has 21 heavy (non-hydrogen) atoms. The van der Waals surface area contributed by atoms with Crippen LogP contribution in [0.2, 0.25) is 0 Å². The summed E-state index contributed by atoms with van der Waals surface area (Å²) in [5, 5.41) is 3.43. The summed E-state index contributed by atoms with van der Waals surface area (Å²) in [5.74, 6) is 1.49. The van der Waals surface area contributed by atoms with Crippen LogP contribution in [0.15, 0.2) is 0 Å². The number of piperidine rings is 2. The fraction of sp³-hybridized carbons (Fsp3) is 0.938. The predicted molar refractivity (Wildman–Crippen MR) is 82.2 cm³/mol. The van der Waals surface area contributed by atoms with Gasteiger partial charge in [-0.15, -0.1) is 0 Å². The molecule has 3 saturated heterocycles. The second-order valence-corrected chi connectivity index (χ2v) is 6.71. The van der Waals surface area contributed by atoms with Gasteiger partial charge in [0.15, 0.2) is 0 Å². The summed E-state index contributed by atoms with van der Waals surface area (Å²) in [6, 6.07) is 0. The lowest BCUT2D eigenvalue weighted by atomic mass is 9.92. The molecule has 0 spiro atoms. The highest BCUT2D eigenvalue weighted by molar-refractivity contribution is 5.79. The molecule has 0 unspecified atom stereocenters. The Bertz CT molecular complexity index is 330. The smallest absolute Gasteiger partial charge is 0.225 e. The third kappa shape index (κ3) is 4.18. The van der Waals surface area contributed by atoms with Crippen LogP contribution >= 0.6 is 0 Å². The van der Waals surface area contributed by atoms with Gasteiger partial charge in [0.05, 0.1) is 13.2 Å². The molecule has 0 saturated carbocycles. The van der Waals surface area contributed by atoms with Crippen molar-refractivity contribution in [3.63, 3.8) is 0 Å². The molecule has 0 radical (unpaired) electrons. The number of nitrogens with zero attached hydrogens (tertiary/aromatic N) is 2. The van der Waals surface area contributed by atoms with Crippen LogP contribution in [0, 0.1) is 11.8 Å². The Morgan fingerprint density at radius 2 is 1.67 bits per heavy atom. The number of amides is 1. The number of rotatable bonds is 3. The van der Waals surface area contributed by atoms with Gasteiger partial charge in [0.25, 0.3) is 0 Å². The number of morpholine rings is 1. The summed E-state index contributed by atoms with van der Waals surface area (Å²) in [4.78, 5) is 17.1. The van der Waals surface area contributed by atoms with Crippen molar-refractivity contribution in [3.05, 3.63) is 0 Å². The van der Waals surface area contributed by atoms with Crippen molar-refractivity contribution in [2.24, 2.45) is 11.8 Å². The Hall–Kier alpha value is -0.650. The van der Waals surface area contributed by atoms with Gasteiger partial charge in [0.2, 0.25) is 5.91 Å². The van der Waals surface area contributed by atoms with E-state index in [-0.39, 0.29) is 5.92 Å². The van der Waals surface area contributed by atoms with Gasteiger partial charge in [0.1, 0.15) is 0 Å². The van der Waals surface area contributed by atoms with Crippen molar-refractivity contribution in [1.29, 1.82) is 0 Å². The number of carbonyl (C=O) groups is 1. The van der Waals surface area contributed by atoms with Gasteiger partial charge in [-0.1, -0.05) is 0 Å². The molecule has 3 aliphatic heterocycles. The molecule has 3 rings (SSSR count).